The third-order valence-electron chi connectivity index (χ3n) is 5.48. The molecule has 1 amide bonds. The van der Waals surface area contributed by atoms with Gasteiger partial charge in [0, 0.05) is 37.6 Å². The predicted octanol–water partition coefficient (Wildman–Crippen LogP) is 2.47. The van der Waals surface area contributed by atoms with E-state index in [4.69, 9.17) is 9.47 Å². The molecule has 1 fully saturated rings. The van der Waals surface area contributed by atoms with Gasteiger partial charge in [-0.3, -0.25) is 4.79 Å². The van der Waals surface area contributed by atoms with Gasteiger partial charge in [-0.2, -0.15) is 9.61 Å². The van der Waals surface area contributed by atoms with E-state index in [0.717, 1.165) is 0 Å². The van der Waals surface area contributed by atoms with Crippen LogP contribution in [0.15, 0.2) is 24.4 Å². The predicted molar refractivity (Wildman–Crippen MR) is 115 cm³/mol. The van der Waals surface area contributed by atoms with Crippen molar-refractivity contribution in [2.45, 2.75) is 25.1 Å². The van der Waals surface area contributed by atoms with Gasteiger partial charge >= 0.3 is 0 Å². The second-order valence-corrected chi connectivity index (χ2v) is 7.97. The van der Waals surface area contributed by atoms with E-state index in [0.29, 0.717) is 35.1 Å². The first-order valence-electron chi connectivity index (χ1n) is 10.5. The SMILES string of the molecule is CNc1cc(Nc2cc(F)cc3c2OC[C@H](CO)O3)nc2c(NC(=O)C[C@@H]3C[C@@H]3F)cnn12. The van der Waals surface area contributed by atoms with Crippen LogP contribution in [0.5, 0.6) is 11.5 Å². The lowest BCUT2D eigenvalue weighted by Crippen LogP contribution is -2.32. The van der Waals surface area contributed by atoms with Gasteiger partial charge in [0.2, 0.25) is 5.91 Å². The first kappa shape index (κ1) is 21.2. The lowest BCUT2D eigenvalue weighted by Gasteiger charge is -2.27. The summed E-state index contributed by atoms with van der Waals surface area (Å²) in [6.45, 7) is -0.150. The van der Waals surface area contributed by atoms with Crippen LogP contribution >= 0.6 is 0 Å². The lowest BCUT2D eigenvalue weighted by atomic mass is 10.2. The number of rotatable bonds is 7. The number of nitrogens with one attached hydrogen (secondary N) is 3. The van der Waals surface area contributed by atoms with E-state index in [-0.39, 0.29) is 42.9 Å². The molecule has 2 aliphatic rings. The summed E-state index contributed by atoms with van der Waals surface area (Å²) in [5.74, 6) is 0.228. The fourth-order valence-electron chi connectivity index (χ4n) is 3.67. The summed E-state index contributed by atoms with van der Waals surface area (Å²) < 4.78 is 40.1. The molecule has 3 atom stereocenters. The van der Waals surface area contributed by atoms with Crippen LogP contribution < -0.4 is 25.4 Å². The molecule has 0 unspecified atom stereocenters. The van der Waals surface area contributed by atoms with Gasteiger partial charge in [0.15, 0.2) is 23.3 Å². The van der Waals surface area contributed by atoms with E-state index >= 15 is 0 Å². The van der Waals surface area contributed by atoms with Crippen molar-refractivity contribution < 1.29 is 28.2 Å². The van der Waals surface area contributed by atoms with Gasteiger partial charge in [0.1, 0.15) is 35.9 Å². The fourth-order valence-corrected chi connectivity index (χ4v) is 3.67. The molecule has 4 N–H and O–H groups in total. The van der Waals surface area contributed by atoms with Crippen molar-refractivity contribution in [1.82, 2.24) is 14.6 Å². The maximum Gasteiger partial charge on any atom is 0.224 e. The molecule has 3 heterocycles. The molecule has 1 aromatic carbocycles. The average molecular weight is 460 g/mol. The van der Waals surface area contributed by atoms with E-state index in [1.807, 2.05) is 0 Å². The number of ether oxygens (including phenoxy) is 2. The van der Waals surface area contributed by atoms with Gasteiger partial charge < -0.3 is 30.5 Å². The monoisotopic (exact) mass is 460 g/mol. The number of fused-ring (bicyclic) bond motifs is 2. The summed E-state index contributed by atoms with van der Waals surface area (Å²) in [5.41, 5.74) is 0.990. The fraction of sp³-hybridized carbons (Fsp3) is 0.381. The van der Waals surface area contributed by atoms with Gasteiger partial charge in [-0.05, 0) is 6.42 Å². The van der Waals surface area contributed by atoms with Crippen LogP contribution in [-0.2, 0) is 4.79 Å². The van der Waals surface area contributed by atoms with Crippen molar-refractivity contribution in [2.75, 3.05) is 36.2 Å². The molecule has 0 saturated heterocycles. The van der Waals surface area contributed by atoms with Crippen LogP contribution in [0.2, 0.25) is 0 Å². The summed E-state index contributed by atoms with van der Waals surface area (Å²) >= 11 is 0. The lowest BCUT2D eigenvalue weighted by molar-refractivity contribution is -0.116. The van der Waals surface area contributed by atoms with Crippen LogP contribution in [0, 0.1) is 11.7 Å². The number of aliphatic hydroxyl groups excluding tert-OH is 1. The molecule has 10 nitrogen and oxygen atoms in total. The van der Waals surface area contributed by atoms with Gasteiger partial charge in [0.05, 0.1) is 18.5 Å². The Morgan fingerprint density at radius 1 is 1.33 bits per heavy atom. The second kappa shape index (κ2) is 8.35. The normalized spacial score (nSPS) is 21.0. The summed E-state index contributed by atoms with van der Waals surface area (Å²) in [4.78, 5) is 16.8. The smallest absolute Gasteiger partial charge is 0.224 e. The number of aliphatic hydroxyl groups is 1. The van der Waals surface area contributed by atoms with Crippen molar-refractivity contribution in [3.8, 4) is 11.5 Å². The molecular weight excluding hydrogens is 438 g/mol. The molecule has 12 heteroatoms. The van der Waals surface area contributed by atoms with Crippen molar-refractivity contribution >= 4 is 34.6 Å². The van der Waals surface area contributed by atoms with E-state index in [9.17, 15) is 18.7 Å². The molecule has 0 bridgehead atoms. The number of aromatic nitrogens is 3. The molecule has 33 heavy (non-hydrogen) atoms. The molecule has 1 saturated carbocycles. The van der Waals surface area contributed by atoms with E-state index in [2.05, 4.69) is 26.0 Å². The van der Waals surface area contributed by atoms with E-state index in [1.165, 1.54) is 22.8 Å². The van der Waals surface area contributed by atoms with E-state index in [1.54, 1.807) is 13.1 Å². The Kier molecular flexibility index (Phi) is 5.36. The highest BCUT2D eigenvalue weighted by Gasteiger charge is 2.38. The minimum Gasteiger partial charge on any atom is -0.484 e. The van der Waals surface area contributed by atoms with E-state index < -0.39 is 18.1 Å². The first-order valence-corrected chi connectivity index (χ1v) is 10.5. The number of benzene rings is 1. The van der Waals surface area contributed by atoms with Crippen molar-refractivity contribution in [1.29, 1.82) is 0 Å². The number of carbonyl (C=O) groups excluding carboxylic acids is 1. The zero-order chi connectivity index (χ0) is 23.1. The molecule has 3 aromatic rings. The molecule has 0 spiro atoms. The quantitative estimate of drug-likeness (QED) is 0.424. The third kappa shape index (κ3) is 4.21. The van der Waals surface area contributed by atoms with Gasteiger partial charge in [-0.1, -0.05) is 0 Å². The number of carbonyl (C=O) groups is 1. The minimum absolute atomic E-state index is 0.0942. The average Bonchev–Trinajstić information content (AvgIpc) is 3.34. The number of anilines is 4. The Morgan fingerprint density at radius 3 is 2.88 bits per heavy atom. The number of halogens is 2. The number of alkyl halides is 1. The topological polar surface area (TPSA) is 122 Å². The Bertz CT molecular complexity index is 1220. The van der Waals surface area contributed by atoms with Crippen LogP contribution in [0.1, 0.15) is 12.8 Å². The first-order chi connectivity index (χ1) is 15.9. The Labute approximate surface area is 186 Å². The van der Waals surface area contributed by atoms with Crippen molar-refractivity contribution in [2.24, 2.45) is 5.92 Å². The zero-order valence-corrected chi connectivity index (χ0v) is 17.6. The zero-order valence-electron chi connectivity index (χ0n) is 17.6. The Balaban J connectivity index is 1.45. The maximum absolute atomic E-state index is 14.2. The van der Waals surface area contributed by atoms with Crippen LogP contribution in [0.25, 0.3) is 5.65 Å². The van der Waals surface area contributed by atoms with Gasteiger partial charge in [-0.15, -0.1) is 0 Å². The highest BCUT2D eigenvalue weighted by atomic mass is 19.1. The molecule has 174 valence electrons. The number of amides is 1. The molecule has 2 aromatic heterocycles. The molecule has 1 aliphatic carbocycles. The highest BCUT2D eigenvalue weighted by Crippen LogP contribution is 2.41. The standard InChI is InChI=1S/C21H22F2N6O4/c1-24-18-6-17(26-14-4-11(22)5-16-20(14)32-9-12(8-30)33-16)28-21-15(7-25-29(18)21)27-19(31)3-10-2-13(10)23/h4-7,10,12-13,24,30H,2-3,8-9H2,1H3,(H,26,28)(H,27,31)/t10-,12-,13-/m0/s1. The third-order valence-corrected chi connectivity index (χ3v) is 5.48. The Morgan fingerprint density at radius 2 is 2.15 bits per heavy atom. The van der Waals surface area contributed by atoms with Gasteiger partial charge in [-0.25, -0.2) is 13.8 Å². The second-order valence-electron chi connectivity index (χ2n) is 7.97. The number of nitrogens with zero attached hydrogens (tertiary/aromatic N) is 3. The molecule has 0 radical (unpaired) electrons. The maximum atomic E-state index is 14.2. The molecule has 1 aliphatic heterocycles. The number of hydrogen-bond donors (Lipinski definition) is 4. The van der Waals surface area contributed by atoms with Gasteiger partial charge in [0.25, 0.3) is 0 Å². The molecule has 5 rings (SSSR count). The Hall–Kier alpha value is -3.67. The highest BCUT2D eigenvalue weighted by molar-refractivity contribution is 5.95. The summed E-state index contributed by atoms with van der Waals surface area (Å²) in [6, 6.07) is 4.08. The summed E-state index contributed by atoms with van der Waals surface area (Å²) in [7, 11) is 1.70. The summed E-state index contributed by atoms with van der Waals surface area (Å²) in [6.07, 6.45) is 0.457. The van der Waals surface area contributed by atoms with Crippen LogP contribution in [0.4, 0.5) is 31.8 Å². The minimum atomic E-state index is -0.916. The number of hydrogen-bond acceptors (Lipinski definition) is 8. The van der Waals surface area contributed by atoms with Crippen molar-refractivity contribution in [3.63, 3.8) is 0 Å². The molecular formula is C21H22F2N6O4. The van der Waals surface area contributed by atoms with Crippen LogP contribution in [0.3, 0.4) is 0 Å². The van der Waals surface area contributed by atoms with Crippen LogP contribution in [-0.4, -0.2) is 58.1 Å². The summed E-state index contributed by atoms with van der Waals surface area (Å²) in [5, 5.41) is 22.3. The van der Waals surface area contributed by atoms with Crippen molar-refractivity contribution in [3.05, 3.63) is 30.2 Å². The largest absolute Gasteiger partial charge is 0.484 e.